The van der Waals surface area contributed by atoms with Crippen molar-refractivity contribution in [1.29, 1.82) is 0 Å². The highest BCUT2D eigenvalue weighted by atomic mass is 16.5. The fourth-order valence-corrected chi connectivity index (χ4v) is 2.39. The van der Waals surface area contributed by atoms with Crippen LogP contribution in [-0.4, -0.2) is 44.8 Å². The van der Waals surface area contributed by atoms with Crippen molar-refractivity contribution in [2.75, 3.05) is 39.9 Å². The van der Waals surface area contributed by atoms with Crippen LogP contribution in [0.4, 0.5) is 0 Å². The van der Waals surface area contributed by atoms with Gasteiger partial charge in [0.05, 0.1) is 6.61 Å². The molecule has 21 heavy (non-hydrogen) atoms. The number of hydrogen-bond acceptors (Lipinski definition) is 3. The fraction of sp³-hybridized carbons (Fsp3) is 0.556. The molecule has 3 heteroatoms. The lowest BCUT2D eigenvalue weighted by Gasteiger charge is -2.31. The van der Waals surface area contributed by atoms with Crippen molar-refractivity contribution in [3.05, 3.63) is 48.6 Å². The van der Waals surface area contributed by atoms with Gasteiger partial charge < -0.3 is 10.1 Å². The standard InChI is InChI=1S/C18H30N2O/c1-5-11-20(12-13-21-4)18(15-19-14-16(2)3)17-9-7-6-8-10-17/h5-10,16,18-19H,1,11-15H2,2-4H3. The molecule has 0 saturated heterocycles. The number of nitrogens with zero attached hydrogens (tertiary/aromatic N) is 1. The summed E-state index contributed by atoms with van der Waals surface area (Å²) in [6.45, 7) is 12.9. The van der Waals surface area contributed by atoms with E-state index >= 15 is 0 Å². The van der Waals surface area contributed by atoms with Crippen molar-refractivity contribution in [1.82, 2.24) is 10.2 Å². The predicted molar refractivity (Wildman–Crippen MR) is 90.5 cm³/mol. The summed E-state index contributed by atoms with van der Waals surface area (Å²) in [6.07, 6.45) is 1.97. The Balaban J connectivity index is 2.79. The molecule has 0 saturated carbocycles. The van der Waals surface area contributed by atoms with E-state index in [2.05, 4.69) is 61.0 Å². The second-order valence-electron chi connectivity index (χ2n) is 5.75. The normalized spacial score (nSPS) is 12.8. The second-order valence-corrected chi connectivity index (χ2v) is 5.75. The molecule has 0 spiro atoms. The zero-order chi connectivity index (χ0) is 15.5. The van der Waals surface area contributed by atoms with Crippen molar-refractivity contribution < 1.29 is 4.74 Å². The van der Waals surface area contributed by atoms with Gasteiger partial charge in [-0.2, -0.15) is 0 Å². The third-order valence-corrected chi connectivity index (χ3v) is 3.46. The van der Waals surface area contributed by atoms with Crippen LogP contribution >= 0.6 is 0 Å². The summed E-state index contributed by atoms with van der Waals surface area (Å²) in [7, 11) is 1.75. The Kier molecular flexibility index (Phi) is 8.99. The maximum Gasteiger partial charge on any atom is 0.0590 e. The number of rotatable bonds is 11. The SMILES string of the molecule is C=CCN(CCOC)C(CNCC(C)C)c1ccccc1. The third-order valence-electron chi connectivity index (χ3n) is 3.46. The first-order valence-electron chi connectivity index (χ1n) is 7.78. The summed E-state index contributed by atoms with van der Waals surface area (Å²) in [4.78, 5) is 2.42. The van der Waals surface area contributed by atoms with Crippen LogP contribution in [0, 0.1) is 5.92 Å². The van der Waals surface area contributed by atoms with Gasteiger partial charge in [-0.05, 0) is 18.0 Å². The third kappa shape index (κ3) is 6.89. The Morgan fingerprint density at radius 2 is 1.95 bits per heavy atom. The maximum atomic E-state index is 5.25. The quantitative estimate of drug-likeness (QED) is 0.634. The molecule has 1 N–H and O–H groups in total. The number of nitrogens with one attached hydrogen (secondary N) is 1. The molecule has 0 aromatic heterocycles. The van der Waals surface area contributed by atoms with Crippen LogP contribution in [0.3, 0.4) is 0 Å². The molecule has 118 valence electrons. The molecule has 0 radical (unpaired) electrons. The second kappa shape index (κ2) is 10.6. The Bertz CT molecular complexity index is 378. The average molecular weight is 290 g/mol. The Morgan fingerprint density at radius 1 is 1.24 bits per heavy atom. The number of benzene rings is 1. The molecule has 1 unspecified atom stereocenters. The molecular formula is C18H30N2O. The van der Waals surface area contributed by atoms with Crippen molar-refractivity contribution in [2.24, 2.45) is 5.92 Å². The highest BCUT2D eigenvalue weighted by Crippen LogP contribution is 2.19. The van der Waals surface area contributed by atoms with Crippen molar-refractivity contribution in [2.45, 2.75) is 19.9 Å². The van der Waals surface area contributed by atoms with Gasteiger partial charge in [0.2, 0.25) is 0 Å². The molecule has 1 rings (SSSR count). The lowest BCUT2D eigenvalue weighted by atomic mass is 10.0. The number of methoxy groups -OCH3 is 1. The highest BCUT2D eigenvalue weighted by Gasteiger charge is 2.18. The van der Waals surface area contributed by atoms with Gasteiger partial charge in [0.15, 0.2) is 0 Å². The molecule has 1 aromatic carbocycles. The molecule has 1 atom stereocenters. The summed E-state index contributed by atoms with van der Waals surface area (Å²) in [5.41, 5.74) is 1.34. The van der Waals surface area contributed by atoms with E-state index in [1.165, 1.54) is 5.56 Å². The van der Waals surface area contributed by atoms with Crippen molar-refractivity contribution >= 4 is 0 Å². The first-order valence-corrected chi connectivity index (χ1v) is 7.78. The molecule has 0 heterocycles. The predicted octanol–water partition coefficient (Wildman–Crippen LogP) is 3.11. The molecule has 0 aliphatic heterocycles. The largest absolute Gasteiger partial charge is 0.383 e. The number of hydrogen-bond donors (Lipinski definition) is 1. The van der Waals surface area contributed by atoms with E-state index in [4.69, 9.17) is 4.74 Å². The van der Waals surface area contributed by atoms with E-state index in [1.807, 2.05) is 6.08 Å². The highest BCUT2D eigenvalue weighted by molar-refractivity contribution is 5.19. The van der Waals surface area contributed by atoms with E-state index < -0.39 is 0 Å². The molecule has 0 fully saturated rings. The first-order chi connectivity index (χ1) is 10.2. The molecule has 0 amide bonds. The zero-order valence-electron chi connectivity index (χ0n) is 13.7. The molecule has 0 aliphatic carbocycles. The Hall–Kier alpha value is -1.16. The van der Waals surface area contributed by atoms with E-state index in [1.54, 1.807) is 7.11 Å². The number of ether oxygens (including phenoxy) is 1. The summed E-state index contributed by atoms with van der Waals surface area (Å²) < 4.78 is 5.25. The lowest BCUT2D eigenvalue weighted by molar-refractivity contribution is 0.127. The van der Waals surface area contributed by atoms with Crippen LogP contribution < -0.4 is 5.32 Å². The fourth-order valence-electron chi connectivity index (χ4n) is 2.39. The van der Waals surface area contributed by atoms with Gasteiger partial charge in [-0.3, -0.25) is 4.90 Å². The summed E-state index contributed by atoms with van der Waals surface area (Å²) in [5, 5.41) is 3.58. The molecule has 1 aromatic rings. The molecular weight excluding hydrogens is 260 g/mol. The van der Waals surface area contributed by atoms with Gasteiger partial charge in [-0.1, -0.05) is 50.3 Å². The monoisotopic (exact) mass is 290 g/mol. The summed E-state index contributed by atoms with van der Waals surface area (Å²) in [6, 6.07) is 11.0. The van der Waals surface area contributed by atoms with Crippen LogP contribution in [0.5, 0.6) is 0 Å². The molecule has 0 bridgehead atoms. The smallest absolute Gasteiger partial charge is 0.0590 e. The Labute approximate surface area is 130 Å². The van der Waals surface area contributed by atoms with Crippen LogP contribution in [0.25, 0.3) is 0 Å². The van der Waals surface area contributed by atoms with E-state index in [0.717, 1.165) is 32.8 Å². The van der Waals surface area contributed by atoms with Gasteiger partial charge >= 0.3 is 0 Å². The van der Waals surface area contributed by atoms with Gasteiger partial charge in [0.1, 0.15) is 0 Å². The van der Waals surface area contributed by atoms with Gasteiger partial charge in [0, 0.05) is 32.8 Å². The molecule has 3 nitrogen and oxygen atoms in total. The minimum absolute atomic E-state index is 0.345. The van der Waals surface area contributed by atoms with E-state index in [-0.39, 0.29) is 0 Å². The van der Waals surface area contributed by atoms with E-state index in [0.29, 0.717) is 12.0 Å². The average Bonchev–Trinajstić information content (AvgIpc) is 2.49. The minimum atomic E-state index is 0.345. The Morgan fingerprint density at radius 3 is 2.52 bits per heavy atom. The summed E-state index contributed by atoms with van der Waals surface area (Å²) in [5.74, 6) is 0.660. The van der Waals surface area contributed by atoms with Crippen molar-refractivity contribution in [3.8, 4) is 0 Å². The van der Waals surface area contributed by atoms with Crippen molar-refractivity contribution in [3.63, 3.8) is 0 Å². The summed E-state index contributed by atoms with van der Waals surface area (Å²) >= 11 is 0. The minimum Gasteiger partial charge on any atom is -0.383 e. The lowest BCUT2D eigenvalue weighted by Crippen LogP contribution is -2.38. The van der Waals surface area contributed by atoms with Crippen LogP contribution in [0.2, 0.25) is 0 Å². The van der Waals surface area contributed by atoms with E-state index in [9.17, 15) is 0 Å². The van der Waals surface area contributed by atoms with Crippen LogP contribution in [0.15, 0.2) is 43.0 Å². The maximum absolute atomic E-state index is 5.25. The van der Waals surface area contributed by atoms with Gasteiger partial charge in [-0.25, -0.2) is 0 Å². The van der Waals surface area contributed by atoms with Gasteiger partial charge in [-0.15, -0.1) is 6.58 Å². The molecule has 0 aliphatic rings. The zero-order valence-corrected chi connectivity index (χ0v) is 13.7. The van der Waals surface area contributed by atoms with Gasteiger partial charge in [0.25, 0.3) is 0 Å². The first kappa shape index (κ1) is 17.9. The topological polar surface area (TPSA) is 24.5 Å². The van der Waals surface area contributed by atoms with Crippen LogP contribution in [0.1, 0.15) is 25.5 Å². The van der Waals surface area contributed by atoms with Crippen LogP contribution in [-0.2, 0) is 4.74 Å².